The Morgan fingerprint density at radius 1 is 1.33 bits per heavy atom. The van der Waals surface area contributed by atoms with Crippen molar-refractivity contribution < 1.29 is 13.2 Å². The van der Waals surface area contributed by atoms with Crippen molar-refractivity contribution in [3.05, 3.63) is 23.8 Å². The lowest BCUT2D eigenvalue weighted by atomic mass is 10.2. The van der Waals surface area contributed by atoms with E-state index in [4.69, 9.17) is 0 Å². The van der Waals surface area contributed by atoms with Gasteiger partial charge in [0.2, 0.25) is 0 Å². The summed E-state index contributed by atoms with van der Waals surface area (Å²) >= 11 is 1.21. The molecule has 1 aromatic heterocycles. The Morgan fingerprint density at radius 2 is 2.07 bits per heavy atom. The summed E-state index contributed by atoms with van der Waals surface area (Å²) in [6, 6.07) is 3.55. The van der Waals surface area contributed by atoms with E-state index in [9.17, 15) is 13.2 Å². The van der Waals surface area contributed by atoms with Crippen LogP contribution in [-0.2, 0) is 6.18 Å². The first-order valence-electron chi connectivity index (χ1n) is 4.16. The first kappa shape index (κ1) is 10.2. The number of rotatable bonds is 1. The van der Waals surface area contributed by atoms with Crippen LogP contribution in [0.1, 0.15) is 5.56 Å². The van der Waals surface area contributed by atoms with Crippen molar-refractivity contribution >= 4 is 26.7 Å². The lowest BCUT2D eigenvalue weighted by Gasteiger charge is -2.04. The number of thiazole rings is 1. The zero-order chi connectivity index (χ0) is 11.1. The fourth-order valence-corrected chi connectivity index (χ4v) is 2.07. The van der Waals surface area contributed by atoms with E-state index in [0.717, 1.165) is 12.1 Å². The van der Waals surface area contributed by atoms with Crippen molar-refractivity contribution in [3.8, 4) is 0 Å². The Balaban J connectivity index is 2.55. The SMILES string of the molecule is CNc1nc2ccc(C(F)(F)F)cc2s1. The summed E-state index contributed by atoms with van der Waals surface area (Å²) in [5.74, 6) is 0. The summed E-state index contributed by atoms with van der Waals surface area (Å²) in [6.07, 6.45) is -4.29. The molecule has 2 rings (SSSR count). The summed E-state index contributed by atoms with van der Waals surface area (Å²) in [7, 11) is 1.68. The van der Waals surface area contributed by atoms with Crippen molar-refractivity contribution in [1.82, 2.24) is 4.98 Å². The molecule has 80 valence electrons. The van der Waals surface area contributed by atoms with Gasteiger partial charge in [0.15, 0.2) is 5.13 Å². The molecular formula is C9H7F3N2S. The van der Waals surface area contributed by atoms with Gasteiger partial charge in [0.25, 0.3) is 0 Å². The van der Waals surface area contributed by atoms with E-state index in [-0.39, 0.29) is 0 Å². The molecule has 6 heteroatoms. The lowest BCUT2D eigenvalue weighted by Crippen LogP contribution is -2.03. The van der Waals surface area contributed by atoms with Gasteiger partial charge in [-0.1, -0.05) is 11.3 Å². The number of fused-ring (bicyclic) bond motifs is 1. The third-order valence-electron chi connectivity index (χ3n) is 1.93. The van der Waals surface area contributed by atoms with Crippen molar-refractivity contribution in [2.45, 2.75) is 6.18 Å². The first-order chi connectivity index (χ1) is 7.00. The van der Waals surface area contributed by atoms with Gasteiger partial charge < -0.3 is 5.32 Å². The van der Waals surface area contributed by atoms with Crippen LogP contribution in [-0.4, -0.2) is 12.0 Å². The summed E-state index contributed by atoms with van der Waals surface area (Å²) in [6.45, 7) is 0. The highest BCUT2D eigenvalue weighted by Crippen LogP contribution is 2.34. The molecule has 1 N–H and O–H groups in total. The molecule has 2 nitrogen and oxygen atoms in total. The van der Waals surface area contributed by atoms with E-state index < -0.39 is 11.7 Å². The summed E-state index contributed by atoms with van der Waals surface area (Å²) in [5, 5.41) is 3.42. The minimum Gasteiger partial charge on any atom is -0.365 e. The van der Waals surface area contributed by atoms with Gasteiger partial charge in [0.05, 0.1) is 15.8 Å². The van der Waals surface area contributed by atoms with Gasteiger partial charge in [-0.25, -0.2) is 4.98 Å². The van der Waals surface area contributed by atoms with Crippen LogP contribution in [0.2, 0.25) is 0 Å². The minimum atomic E-state index is -4.29. The molecule has 0 amide bonds. The van der Waals surface area contributed by atoms with Crippen molar-refractivity contribution in [1.29, 1.82) is 0 Å². The predicted molar refractivity (Wildman–Crippen MR) is 54.2 cm³/mol. The number of nitrogens with zero attached hydrogens (tertiary/aromatic N) is 1. The maximum Gasteiger partial charge on any atom is 0.416 e. The van der Waals surface area contributed by atoms with Crippen LogP contribution in [0.4, 0.5) is 18.3 Å². The Hall–Kier alpha value is -1.30. The predicted octanol–water partition coefficient (Wildman–Crippen LogP) is 3.36. The van der Waals surface area contributed by atoms with E-state index in [1.165, 1.54) is 17.4 Å². The Kier molecular flexibility index (Phi) is 2.30. The Bertz CT molecular complexity index is 490. The van der Waals surface area contributed by atoms with Crippen molar-refractivity contribution in [2.75, 3.05) is 12.4 Å². The van der Waals surface area contributed by atoms with Crippen LogP contribution in [0.5, 0.6) is 0 Å². The smallest absolute Gasteiger partial charge is 0.365 e. The molecule has 0 aliphatic heterocycles. The first-order valence-corrected chi connectivity index (χ1v) is 4.98. The number of hydrogen-bond acceptors (Lipinski definition) is 3. The number of alkyl halides is 3. The molecule has 0 saturated heterocycles. The molecule has 0 radical (unpaired) electrons. The number of halogens is 3. The molecular weight excluding hydrogens is 225 g/mol. The highest BCUT2D eigenvalue weighted by atomic mass is 32.1. The molecule has 0 aliphatic carbocycles. The van der Waals surface area contributed by atoms with Gasteiger partial charge in [-0.15, -0.1) is 0 Å². The molecule has 1 heterocycles. The van der Waals surface area contributed by atoms with Crippen LogP contribution in [0.15, 0.2) is 18.2 Å². The number of hydrogen-bond donors (Lipinski definition) is 1. The van der Waals surface area contributed by atoms with E-state index in [1.807, 2.05) is 0 Å². The van der Waals surface area contributed by atoms with Crippen LogP contribution >= 0.6 is 11.3 Å². The zero-order valence-electron chi connectivity index (χ0n) is 7.72. The average Bonchev–Trinajstić information content (AvgIpc) is 2.57. The summed E-state index contributed by atoms with van der Waals surface area (Å²) in [5.41, 5.74) is -0.0568. The Morgan fingerprint density at radius 3 is 2.67 bits per heavy atom. The molecule has 0 spiro atoms. The topological polar surface area (TPSA) is 24.9 Å². The summed E-state index contributed by atoms with van der Waals surface area (Å²) in [4.78, 5) is 4.09. The highest BCUT2D eigenvalue weighted by molar-refractivity contribution is 7.22. The third kappa shape index (κ3) is 1.90. The van der Waals surface area contributed by atoms with Gasteiger partial charge in [-0.05, 0) is 18.2 Å². The maximum atomic E-state index is 12.4. The molecule has 0 fully saturated rings. The highest BCUT2D eigenvalue weighted by Gasteiger charge is 2.30. The molecule has 0 bridgehead atoms. The second-order valence-corrected chi connectivity index (χ2v) is 3.98. The van der Waals surface area contributed by atoms with Gasteiger partial charge in [-0.2, -0.15) is 13.2 Å². The molecule has 2 aromatic rings. The van der Waals surface area contributed by atoms with Crippen molar-refractivity contribution in [2.24, 2.45) is 0 Å². The molecule has 1 aromatic carbocycles. The molecule has 0 aliphatic rings. The van der Waals surface area contributed by atoms with Gasteiger partial charge in [-0.3, -0.25) is 0 Å². The number of nitrogens with one attached hydrogen (secondary N) is 1. The lowest BCUT2D eigenvalue weighted by molar-refractivity contribution is -0.137. The second kappa shape index (κ2) is 3.37. The number of anilines is 1. The fraction of sp³-hybridized carbons (Fsp3) is 0.222. The average molecular weight is 232 g/mol. The van der Waals surface area contributed by atoms with Gasteiger partial charge in [0, 0.05) is 7.05 Å². The number of aromatic nitrogens is 1. The molecule has 0 saturated carbocycles. The van der Waals surface area contributed by atoms with E-state index in [0.29, 0.717) is 15.3 Å². The van der Waals surface area contributed by atoms with E-state index in [2.05, 4.69) is 10.3 Å². The third-order valence-corrected chi connectivity index (χ3v) is 2.97. The van der Waals surface area contributed by atoms with Crippen LogP contribution < -0.4 is 5.32 Å². The second-order valence-electron chi connectivity index (χ2n) is 2.95. The van der Waals surface area contributed by atoms with Crippen LogP contribution in [0.3, 0.4) is 0 Å². The van der Waals surface area contributed by atoms with E-state index >= 15 is 0 Å². The quantitative estimate of drug-likeness (QED) is 0.815. The van der Waals surface area contributed by atoms with Gasteiger partial charge >= 0.3 is 6.18 Å². The molecule has 0 atom stereocenters. The standard InChI is InChI=1S/C9H7F3N2S/c1-13-8-14-6-3-2-5(9(10,11)12)4-7(6)15-8/h2-4H,1H3,(H,13,14). The van der Waals surface area contributed by atoms with Gasteiger partial charge in [0.1, 0.15) is 0 Å². The molecule has 15 heavy (non-hydrogen) atoms. The maximum absolute atomic E-state index is 12.4. The van der Waals surface area contributed by atoms with Crippen LogP contribution in [0.25, 0.3) is 10.2 Å². The van der Waals surface area contributed by atoms with Crippen molar-refractivity contribution in [3.63, 3.8) is 0 Å². The zero-order valence-corrected chi connectivity index (χ0v) is 8.54. The fourth-order valence-electron chi connectivity index (χ4n) is 1.21. The van der Waals surface area contributed by atoms with Crippen LogP contribution in [0, 0.1) is 0 Å². The minimum absolute atomic E-state index is 0.536. The normalized spacial score (nSPS) is 12.0. The largest absolute Gasteiger partial charge is 0.416 e. The van der Waals surface area contributed by atoms with E-state index in [1.54, 1.807) is 7.05 Å². The number of benzene rings is 1. The summed E-state index contributed by atoms with van der Waals surface area (Å²) < 4.78 is 37.7. The monoisotopic (exact) mass is 232 g/mol. The Labute approximate surface area is 87.7 Å². The molecule has 0 unspecified atom stereocenters.